The van der Waals surface area contributed by atoms with Gasteiger partial charge in [0.05, 0.1) is 36.0 Å². The molecule has 0 N–H and O–H groups in total. The molecule has 3 aliphatic rings. The Bertz CT molecular complexity index is 3420. The fourth-order valence-electron chi connectivity index (χ4n) is 10.2. The van der Waals surface area contributed by atoms with E-state index in [9.17, 15) is 2.74 Å². The van der Waals surface area contributed by atoms with Gasteiger partial charge in [-0.2, -0.15) is 0 Å². The standard InChI is InChI=1S/C62H60N4O/c1-60(2,3)42-32-41(33-43(34-42)61(4,5)6)52-36-44(62(7,8)9)35-51(40-20-11-10-12-21-40)57(52)65-39-64(54-26-15-16-27-55(54)65)45-22-19-23-46(37-45)67-47-29-30-50-53(38-47)59-49-25-14-13-24-48(49)58(50)66(59)56-28-17-18-31-63-56/h10-38,58-59H,39H2,1-9H3/i10D,11D,12D,20D,21D. The van der Waals surface area contributed by atoms with Gasteiger partial charge in [0.15, 0.2) is 0 Å². The SMILES string of the molecule is [2H]c1c([2H])c([2H])c(-c2cc(C(C)(C)C)cc(-c3cc(C(C)(C)C)cc(C(C)(C)C)c3)c2N2CN(c3cccc(Oc4ccc5c(c4)C4c6ccccc6C5N4c4ccccn4)c3)c3ccccc32)c([2H])c1[2H]. The van der Waals surface area contributed by atoms with Crippen molar-refractivity contribution in [2.45, 2.75) is 90.6 Å². The van der Waals surface area contributed by atoms with Crippen LogP contribution in [0.2, 0.25) is 0 Å². The Morgan fingerprint density at radius 2 is 1.07 bits per heavy atom. The second-order valence-corrected chi connectivity index (χ2v) is 21.4. The molecule has 0 radical (unpaired) electrons. The molecule has 2 bridgehead atoms. The van der Waals surface area contributed by atoms with Gasteiger partial charge < -0.3 is 19.4 Å². The Balaban J connectivity index is 1.05. The lowest BCUT2D eigenvalue weighted by molar-refractivity contribution is 0.482. The van der Waals surface area contributed by atoms with Crippen molar-refractivity contribution in [3.8, 4) is 33.8 Å². The second-order valence-electron chi connectivity index (χ2n) is 21.4. The zero-order chi connectivity index (χ0) is 50.8. The van der Waals surface area contributed by atoms with Crippen molar-refractivity contribution in [2.75, 3.05) is 21.4 Å². The van der Waals surface area contributed by atoms with Crippen LogP contribution in [0.1, 0.15) is 120 Å². The smallest absolute Gasteiger partial charge is 0.130 e. The van der Waals surface area contributed by atoms with Gasteiger partial charge in [-0.25, -0.2) is 4.98 Å². The molecule has 4 heterocycles. The summed E-state index contributed by atoms with van der Waals surface area (Å²) >= 11 is 0. The molecule has 11 rings (SSSR count). The molecule has 0 spiro atoms. The summed E-state index contributed by atoms with van der Waals surface area (Å²) in [7, 11) is 0. The molecular weight excluding hydrogens is 817 g/mol. The summed E-state index contributed by atoms with van der Waals surface area (Å²) in [5.41, 5.74) is 14.0. The van der Waals surface area contributed by atoms with E-state index in [1.807, 2.05) is 42.6 Å². The van der Waals surface area contributed by atoms with Gasteiger partial charge >= 0.3 is 0 Å². The summed E-state index contributed by atoms with van der Waals surface area (Å²) in [6, 6.07) is 47.4. The number of fused-ring (bicyclic) bond motifs is 9. The number of para-hydroxylation sites is 2. The maximum Gasteiger partial charge on any atom is 0.130 e. The van der Waals surface area contributed by atoms with E-state index in [1.54, 1.807) is 0 Å². The Morgan fingerprint density at radius 3 is 1.72 bits per heavy atom. The molecule has 0 aliphatic carbocycles. The first-order valence-electron chi connectivity index (χ1n) is 26.0. The topological polar surface area (TPSA) is 31.8 Å². The van der Waals surface area contributed by atoms with Crippen LogP contribution in [0.5, 0.6) is 11.5 Å². The van der Waals surface area contributed by atoms with Gasteiger partial charge in [-0.15, -0.1) is 0 Å². The fraction of sp³-hybridized carbons (Fsp3) is 0.242. The second kappa shape index (κ2) is 15.8. The number of rotatable bonds is 7. The van der Waals surface area contributed by atoms with Crippen LogP contribution < -0.4 is 19.4 Å². The number of pyridine rings is 1. The predicted molar refractivity (Wildman–Crippen MR) is 279 cm³/mol. The van der Waals surface area contributed by atoms with E-state index in [0.717, 1.165) is 51.0 Å². The highest BCUT2D eigenvalue weighted by atomic mass is 16.5. The molecule has 5 heteroatoms. The molecule has 1 aromatic heterocycles. The summed E-state index contributed by atoms with van der Waals surface area (Å²) in [6.45, 7) is 20.3. The fourth-order valence-corrected chi connectivity index (χ4v) is 10.2. The first kappa shape index (κ1) is 37.0. The van der Waals surface area contributed by atoms with Gasteiger partial charge in [-0.1, -0.05) is 165 Å². The van der Waals surface area contributed by atoms with Crippen molar-refractivity contribution < 1.29 is 11.6 Å². The van der Waals surface area contributed by atoms with Crippen LogP contribution >= 0.6 is 0 Å². The third-order valence-corrected chi connectivity index (χ3v) is 13.8. The number of hydrogen-bond acceptors (Lipinski definition) is 5. The van der Waals surface area contributed by atoms with E-state index >= 15 is 0 Å². The summed E-state index contributed by atoms with van der Waals surface area (Å²) < 4.78 is 52.1. The first-order valence-corrected chi connectivity index (χ1v) is 23.5. The van der Waals surface area contributed by atoms with Crippen LogP contribution in [-0.4, -0.2) is 11.7 Å². The molecule has 67 heavy (non-hydrogen) atoms. The van der Waals surface area contributed by atoms with E-state index in [0.29, 0.717) is 18.0 Å². The lowest BCUT2D eigenvalue weighted by Gasteiger charge is -2.31. The largest absolute Gasteiger partial charge is 0.457 e. The van der Waals surface area contributed by atoms with Gasteiger partial charge in [0.2, 0.25) is 0 Å². The molecule has 7 aromatic carbocycles. The lowest BCUT2D eigenvalue weighted by atomic mass is 9.77. The average molecular weight is 882 g/mol. The molecule has 0 saturated carbocycles. The molecule has 0 amide bonds. The Hall–Kier alpha value is -7.11. The van der Waals surface area contributed by atoms with Crippen LogP contribution in [0, 0.1) is 0 Å². The molecule has 5 nitrogen and oxygen atoms in total. The van der Waals surface area contributed by atoms with Crippen LogP contribution in [0.4, 0.5) is 28.6 Å². The van der Waals surface area contributed by atoms with Crippen LogP contribution in [-0.2, 0) is 16.2 Å². The van der Waals surface area contributed by atoms with Crippen LogP contribution in [0.25, 0.3) is 22.3 Å². The maximum absolute atomic E-state index is 9.43. The minimum atomic E-state index is -0.418. The Labute approximate surface area is 404 Å². The van der Waals surface area contributed by atoms with Crippen LogP contribution in [0.3, 0.4) is 0 Å². The van der Waals surface area contributed by atoms with Gasteiger partial charge in [-0.05, 0) is 127 Å². The van der Waals surface area contributed by atoms with E-state index in [-0.39, 0.29) is 58.1 Å². The summed E-state index contributed by atoms with van der Waals surface area (Å²) in [5.74, 6) is 2.39. The molecule has 0 fully saturated rings. The zero-order valence-corrected chi connectivity index (χ0v) is 39.9. The van der Waals surface area contributed by atoms with Crippen molar-refractivity contribution in [1.82, 2.24) is 4.98 Å². The molecule has 2 unspecified atom stereocenters. The number of aromatic nitrogens is 1. The average Bonchev–Trinajstić information content (AvgIpc) is 4.02. The van der Waals surface area contributed by atoms with E-state index in [1.165, 1.54) is 33.4 Å². The Morgan fingerprint density at radius 1 is 0.507 bits per heavy atom. The predicted octanol–water partition coefficient (Wildman–Crippen LogP) is 16.4. The van der Waals surface area contributed by atoms with Crippen molar-refractivity contribution in [2.24, 2.45) is 0 Å². The molecule has 3 aliphatic heterocycles. The number of benzene rings is 7. The molecular formula is C62H60N4O. The molecule has 334 valence electrons. The summed E-state index contributed by atoms with van der Waals surface area (Å²) in [4.78, 5) is 11.7. The van der Waals surface area contributed by atoms with Gasteiger partial charge in [0.1, 0.15) is 24.0 Å². The number of hydrogen-bond donors (Lipinski definition) is 0. The van der Waals surface area contributed by atoms with E-state index in [4.69, 9.17) is 13.8 Å². The lowest BCUT2D eigenvalue weighted by Crippen LogP contribution is -2.25. The number of nitrogens with zero attached hydrogens (tertiary/aromatic N) is 4. The quantitative estimate of drug-likeness (QED) is 0.159. The van der Waals surface area contributed by atoms with Crippen LogP contribution in [0.15, 0.2) is 176 Å². The molecule has 0 saturated heterocycles. The van der Waals surface area contributed by atoms with Gasteiger partial charge in [0.25, 0.3) is 0 Å². The van der Waals surface area contributed by atoms with Crippen molar-refractivity contribution >= 4 is 28.6 Å². The normalized spacial score (nSPS) is 17.3. The third kappa shape index (κ3) is 7.46. The number of ether oxygens (including phenoxy) is 1. The molecule has 2 atom stereocenters. The third-order valence-electron chi connectivity index (χ3n) is 13.8. The Kier molecular flexibility index (Phi) is 8.71. The highest BCUT2D eigenvalue weighted by Gasteiger charge is 2.48. The summed E-state index contributed by atoms with van der Waals surface area (Å²) in [5, 5.41) is 0. The monoisotopic (exact) mass is 882 g/mol. The molecule has 8 aromatic rings. The van der Waals surface area contributed by atoms with E-state index < -0.39 is 6.04 Å². The summed E-state index contributed by atoms with van der Waals surface area (Å²) in [6.07, 6.45) is 1.86. The van der Waals surface area contributed by atoms with Crippen molar-refractivity contribution in [3.05, 3.63) is 215 Å². The van der Waals surface area contributed by atoms with Crippen molar-refractivity contribution in [3.63, 3.8) is 0 Å². The van der Waals surface area contributed by atoms with Gasteiger partial charge in [-0.3, -0.25) is 0 Å². The highest BCUT2D eigenvalue weighted by molar-refractivity contribution is 5.99. The maximum atomic E-state index is 9.43. The van der Waals surface area contributed by atoms with Crippen molar-refractivity contribution in [1.29, 1.82) is 0 Å². The minimum Gasteiger partial charge on any atom is -0.457 e. The van der Waals surface area contributed by atoms with Gasteiger partial charge in [0, 0.05) is 29.1 Å². The minimum absolute atomic E-state index is 0.0175. The van der Waals surface area contributed by atoms with E-state index in [2.05, 4.69) is 180 Å². The number of anilines is 5. The zero-order valence-electron chi connectivity index (χ0n) is 44.9. The first-order chi connectivity index (χ1) is 34.2. The highest BCUT2D eigenvalue weighted by Crippen LogP contribution is 2.58.